The van der Waals surface area contributed by atoms with Crippen LogP contribution in [0.15, 0.2) is 30.3 Å². The fourth-order valence-corrected chi connectivity index (χ4v) is 8.16. The van der Waals surface area contributed by atoms with Gasteiger partial charge >= 0.3 is 5.97 Å². The van der Waals surface area contributed by atoms with Crippen LogP contribution >= 0.6 is 0 Å². The SMILES string of the molecule is CCOC(=O)c1c(C)nc(-c2ccccc2)nc1C(=O)N1CCN(C(=O)C23CC4CC(CC(C4)C2)C3)C(C)C1. The standard InChI is InChI=1S/C31H38N4O4/c1-4-39-29(37)25-20(3)32-27(24-8-6-5-7-9-24)33-26(25)28(36)34-10-11-35(19(2)18-34)30(38)31-15-21-12-22(16-31)14-23(13-21)17-31/h5-9,19,21-23H,4,10-18H2,1-3H3. The number of carbonyl (C=O) groups excluding carboxylic acids is 3. The summed E-state index contributed by atoms with van der Waals surface area (Å²) in [5.41, 5.74) is 1.16. The maximum absolute atomic E-state index is 14.0. The van der Waals surface area contributed by atoms with E-state index in [9.17, 15) is 14.4 Å². The van der Waals surface area contributed by atoms with Crippen LogP contribution in [-0.2, 0) is 9.53 Å². The lowest BCUT2D eigenvalue weighted by molar-refractivity contribution is -0.161. The average Bonchev–Trinajstić information content (AvgIpc) is 2.91. The van der Waals surface area contributed by atoms with Crippen molar-refractivity contribution in [2.75, 3.05) is 26.2 Å². The largest absolute Gasteiger partial charge is 0.462 e. The molecule has 1 atom stereocenters. The Morgan fingerprint density at radius 1 is 0.974 bits per heavy atom. The fourth-order valence-electron chi connectivity index (χ4n) is 8.16. The fraction of sp³-hybridized carbons (Fsp3) is 0.581. The molecule has 4 bridgehead atoms. The smallest absolute Gasteiger partial charge is 0.342 e. The number of nitrogens with zero attached hydrogens (tertiary/aromatic N) is 4. The van der Waals surface area contributed by atoms with Crippen molar-refractivity contribution in [1.29, 1.82) is 0 Å². The van der Waals surface area contributed by atoms with Crippen LogP contribution in [0.5, 0.6) is 0 Å². The first-order valence-electron chi connectivity index (χ1n) is 14.5. The van der Waals surface area contributed by atoms with Crippen LogP contribution in [0, 0.1) is 30.1 Å². The third kappa shape index (κ3) is 4.61. The Bertz CT molecular complexity index is 1260. The summed E-state index contributed by atoms with van der Waals surface area (Å²) >= 11 is 0. The van der Waals surface area contributed by atoms with E-state index in [1.165, 1.54) is 19.3 Å². The van der Waals surface area contributed by atoms with E-state index in [4.69, 9.17) is 4.74 Å². The molecular weight excluding hydrogens is 492 g/mol. The molecule has 2 heterocycles. The molecule has 2 amide bonds. The lowest BCUT2D eigenvalue weighted by Gasteiger charge is -2.57. The molecule has 0 radical (unpaired) electrons. The number of hydrogen-bond acceptors (Lipinski definition) is 6. The third-order valence-corrected chi connectivity index (χ3v) is 9.47. The van der Waals surface area contributed by atoms with E-state index in [0.29, 0.717) is 54.8 Å². The summed E-state index contributed by atoms with van der Waals surface area (Å²) in [4.78, 5) is 53.8. The van der Waals surface area contributed by atoms with Gasteiger partial charge in [0.15, 0.2) is 5.82 Å². The summed E-state index contributed by atoms with van der Waals surface area (Å²) in [6.07, 6.45) is 7.02. The first-order chi connectivity index (χ1) is 18.8. The zero-order valence-electron chi connectivity index (χ0n) is 23.2. The van der Waals surface area contributed by atoms with E-state index in [0.717, 1.165) is 24.8 Å². The van der Waals surface area contributed by atoms with Gasteiger partial charge in [-0.2, -0.15) is 0 Å². The zero-order chi connectivity index (χ0) is 27.3. The van der Waals surface area contributed by atoms with Gasteiger partial charge in [0.25, 0.3) is 5.91 Å². The number of hydrogen-bond donors (Lipinski definition) is 0. The van der Waals surface area contributed by atoms with Crippen molar-refractivity contribution in [1.82, 2.24) is 19.8 Å². The minimum atomic E-state index is -0.596. The van der Waals surface area contributed by atoms with Gasteiger partial charge in [0.05, 0.1) is 17.7 Å². The molecule has 0 N–H and O–H groups in total. The minimum absolute atomic E-state index is 0.0628. The summed E-state index contributed by atoms with van der Waals surface area (Å²) in [6, 6.07) is 9.33. The molecule has 206 valence electrons. The lowest BCUT2D eigenvalue weighted by Crippen LogP contribution is -2.61. The van der Waals surface area contributed by atoms with Gasteiger partial charge in [0.1, 0.15) is 11.3 Å². The minimum Gasteiger partial charge on any atom is -0.462 e. The number of aryl methyl sites for hydroxylation is 1. The molecule has 4 aliphatic carbocycles. The number of rotatable bonds is 5. The first kappa shape index (κ1) is 26.0. The highest BCUT2D eigenvalue weighted by Crippen LogP contribution is 2.60. The van der Waals surface area contributed by atoms with E-state index in [1.807, 2.05) is 42.2 Å². The van der Waals surface area contributed by atoms with Gasteiger partial charge in [-0.25, -0.2) is 14.8 Å². The maximum atomic E-state index is 14.0. The predicted molar refractivity (Wildman–Crippen MR) is 146 cm³/mol. The lowest BCUT2D eigenvalue weighted by atomic mass is 9.49. The highest BCUT2D eigenvalue weighted by Gasteiger charge is 2.56. The Morgan fingerprint density at radius 3 is 2.21 bits per heavy atom. The predicted octanol–water partition coefficient (Wildman–Crippen LogP) is 4.52. The molecular formula is C31H38N4O4. The van der Waals surface area contributed by atoms with Crippen LogP contribution in [0.4, 0.5) is 0 Å². The highest BCUT2D eigenvalue weighted by molar-refractivity contribution is 6.05. The van der Waals surface area contributed by atoms with Gasteiger partial charge in [-0.15, -0.1) is 0 Å². The van der Waals surface area contributed by atoms with Gasteiger partial charge in [0, 0.05) is 31.2 Å². The number of esters is 1. The monoisotopic (exact) mass is 530 g/mol. The molecule has 1 aliphatic heterocycles. The van der Waals surface area contributed by atoms with Crippen LogP contribution in [0.2, 0.25) is 0 Å². The topological polar surface area (TPSA) is 92.7 Å². The molecule has 1 saturated heterocycles. The van der Waals surface area contributed by atoms with E-state index < -0.39 is 5.97 Å². The molecule has 5 aliphatic rings. The van der Waals surface area contributed by atoms with E-state index >= 15 is 0 Å². The molecule has 4 saturated carbocycles. The molecule has 7 rings (SSSR count). The Hall–Kier alpha value is -3.29. The number of carbonyl (C=O) groups is 3. The number of benzene rings is 1. The number of piperazine rings is 1. The molecule has 2 aromatic rings. The van der Waals surface area contributed by atoms with Crippen LogP contribution in [0.1, 0.15) is 78.9 Å². The molecule has 1 aromatic carbocycles. The maximum Gasteiger partial charge on any atom is 0.342 e. The molecule has 1 aromatic heterocycles. The quantitative estimate of drug-likeness (QED) is 0.528. The van der Waals surface area contributed by atoms with Crippen molar-refractivity contribution in [3.8, 4) is 11.4 Å². The Kier molecular flexibility index (Phi) is 6.68. The van der Waals surface area contributed by atoms with Gasteiger partial charge in [-0.3, -0.25) is 9.59 Å². The summed E-state index contributed by atoms with van der Waals surface area (Å²) in [6.45, 7) is 6.98. The van der Waals surface area contributed by atoms with E-state index in [1.54, 1.807) is 18.7 Å². The van der Waals surface area contributed by atoms with Crippen LogP contribution in [0.25, 0.3) is 11.4 Å². The van der Waals surface area contributed by atoms with Crippen molar-refractivity contribution < 1.29 is 19.1 Å². The molecule has 39 heavy (non-hydrogen) atoms. The van der Waals surface area contributed by atoms with Gasteiger partial charge in [0.2, 0.25) is 5.91 Å². The van der Waals surface area contributed by atoms with E-state index in [2.05, 4.69) is 9.97 Å². The summed E-state index contributed by atoms with van der Waals surface area (Å²) in [5, 5.41) is 0. The van der Waals surface area contributed by atoms with Gasteiger partial charge in [-0.1, -0.05) is 30.3 Å². The molecule has 5 fully saturated rings. The highest BCUT2D eigenvalue weighted by atomic mass is 16.5. The van der Waals surface area contributed by atoms with Crippen molar-refractivity contribution >= 4 is 17.8 Å². The van der Waals surface area contributed by atoms with Crippen molar-refractivity contribution in [3.63, 3.8) is 0 Å². The third-order valence-electron chi connectivity index (χ3n) is 9.47. The van der Waals surface area contributed by atoms with Gasteiger partial charge in [-0.05, 0) is 77.0 Å². The second kappa shape index (κ2) is 10.0. The Morgan fingerprint density at radius 2 is 1.62 bits per heavy atom. The Balaban J connectivity index is 1.24. The second-order valence-electron chi connectivity index (χ2n) is 12.2. The number of ether oxygens (including phenoxy) is 1. The average molecular weight is 531 g/mol. The summed E-state index contributed by atoms with van der Waals surface area (Å²) < 4.78 is 5.28. The summed E-state index contributed by atoms with van der Waals surface area (Å²) in [5.74, 6) is 1.90. The van der Waals surface area contributed by atoms with Crippen molar-refractivity contribution in [3.05, 3.63) is 47.3 Å². The molecule has 1 unspecified atom stereocenters. The first-order valence-corrected chi connectivity index (χ1v) is 14.5. The number of amides is 2. The van der Waals surface area contributed by atoms with E-state index in [-0.39, 0.29) is 35.2 Å². The van der Waals surface area contributed by atoms with Crippen LogP contribution in [0.3, 0.4) is 0 Å². The molecule has 0 spiro atoms. The molecule has 8 heteroatoms. The number of aromatic nitrogens is 2. The molecule has 8 nitrogen and oxygen atoms in total. The van der Waals surface area contributed by atoms with Crippen molar-refractivity contribution in [2.24, 2.45) is 23.2 Å². The van der Waals surface area contributed by atoms with Crippen LogP contribution in [-0.4, -0.2) is 69.8 Å². The zero-order valence-corrected chi connectivity index (χ0v) is 23.2. The van der Waals surface area contributed by atoms with Crippen LogP contribution < -0.4 is 0 Å². The normalized spacial score (nSPS) is 29.4. The second-order valence-corrected chi connectivity index (χ2v) is 12.2. The van der Waals surface area contributed by atoms with Crippen molar-refractivity contribution in [2.45, 2.75) is 65.3 Å². The summed E-state index contributed by atoms with van der Waals surface area (Å²) in [7, 11) is 0. The van der Waals surface area contributed by atoms with Gasteiger partial charge < -0.3 is 14.5 Å². The Labute approximate surface area is 230 Å².